The van der Waals surface area contributed by atoms with Crippen molar-refractivity contribution < 1.29 is 4.39 Å². The summed E-state index contributed by atoms with van der Waals surface area (Å²) in [7, 11) is 0.500. The summed E-state index contributed by atoms with van der Waals surface area (Å²) < 4.78 is 9.59. The smallest absolute Gasteiger partial charge is 0.128 e. The fourth-order valence-corrected chi connectivity index (χ4v) is 0.857. The third kappa shape index (κ3) is 17.7. The van der Waals surface area contributed by atoms with Gasteiger partial charge in [0.15, 0.2) is 0 Å². The molecule has 0 aliphatic rings. The summed E-state index contributed by atoms with van der Waals surface area (Å²) in [4.78, 5) is -0.606. The van der Waals surface area contributed by atoms with Gasteiger partial charge in [0.05, 0.1) is 7.18 Å². The minimum Gasteiger partial charge on any atom is -0.255 e. The Bertz CT molecular complexity index is 76.6. The standard InChI is InChI=1S/C3H2Cl4.CH3F/c4-2(5)1-3(6)7;1-2/h1-2H;1H3. The van der Waals surface area contributed by atoms with E-state index in [9.17, 15) is 4.39 Å². The van der Waals surface area contributed by atoms with Crippen LogP contribution in [0.4, 0.5) is 4.39 Å². The van der Waals surface area contributed by atoms with E-state index < -0.39 is 4.84 Å². The number of allylic oxidation sites excluding steroid dienone is 1. The van der Waals surface area contributed by atoms with Crippen molar-refractivity contribution in [3.63, 3.8) is 0 Å². The van der Waals surface area contributed by atoms with Crippen LogP contribution in [-0.2, 0) is 0 Å². The Kier molecular flexibility index (Phi) is 12.3. The lowest BCUT2D eigenvalue weighted by Crippen LogP contribution is -1.73. The van der Waals surface area contributed by atoms with Crippen LogP contribution in [0.25, 0.3) is 0 Å². The predicted molar refractivity (Wildman–Crippen MR) is 42.3 cm³/mol. The van der Waals surface area contributed by atoms with Gasteiger partial charge in [-0.2, -0.15) is 0 Å². The predicted octanol–water partition coefficient (Wildman–Crippen LogP) is 3.69. The molecule has 0 unspecified atom stereocenters. The van der Waals surface area contributed by atoms with Crippen LogP contribution in [0.5, 0.6) is 0 Å². The van der Waals surface area contributed by atoms with E-state index >= 15 is 0 Å². The zero-order chi connectivity index (χ0) is 7.86. The van der Waals surface area contributed by atoms with Gasteiger partial charge in [0.2, 0.25) is 0 Å². The Morgan fingerprint density at radius 3 is 1.67 bits per heavy atom. The van der Waals surface area contributed by atoms with Gasteiger partial charge in [-0.25, -0.2) is 0 Å². The lowest BCUT2D eigenvalue weighted by atomic mass is 10.7. The summed E-state index contributed by atoms with van der Waals surface area (Å²) in [6, 6.07) is 0. The molecule has 0 radical (unpaired) electrons. The van der Waals surface area contributed by atoms with Crippen molar-refractivity contribution in [2.75, 3.05) is 7.18 Å². The average molecular weight is 214 g/mol. The number of hydrogen-bond acceptors (Lipinski definition) is 0. The SMILES string of the molecule is CF.ClC(Cl)=CC(Cl)Cl. The molecule has 0 fully saturated rings. The zero-order valence-corrected chi connectivity index (χ0v) is 7.57. The van der Waals surface area contributed by atoms with Gasteiger partial charge in [0.1, 0.15) is 9.33 Å². The monoisotopic (exact) mass is 212 g/mol. The van der Waals surface area contributed by atoms with Gasteiger partial charge in [-0.1, -0.05) is 23.2 Å². The molecule has 0 bridgehead atoms. The Labute approximate surface area is 73.5 Å². The lowest BCUT2D eigenvalue weighted by molar-refractivity contribution is 0.636. The van der Waals surface area contributed by atoms with Crippen molar-refractivity contribution >= 4 is 46.4 Å². The second-order valence-electron chi connectivity index (χ2n) is 0.791. The Balaban J connectivity index is 0. The van der Waals surface area contributed by atoms with Crippen molar-refractivity contribution in [2.24, 2.45) is 0 Å². The summed E-state index contributed by atoms with van der Waals surface area (Å²) >= 11 is 20.6. The van der Waals surface area contributed by atoms with Crippen LogP contribution in [-0.4, -0.2) is 12.0 Å². The topological polar surface area (TPSA) is 0 Å². The fourth-order valence-electron chi connectivity index (χ4n) is 0.0952. The maximum absolute atomic E-state index is 9.50. The van der Waals surface area contributed by atoms with E-state index in [2.05, 4.69) is 0 Å². The van der Waals surface area contributed by atoms with Gasteiger partial charge in [-0.3, -0.25) is 4.39 Å². The van der Waals surface area contributed by atoms with E-state index in [1.165, 1.54) is 6.08 Å². The van der Waals surface area contributed by atoms with Gasteiger partial charge in [-0.15, -0.1) is 23.2 Å². The highest BCUT2D eigenvalue weighted by atomic mass is 35.5. The second kappa shape index (κ2) is 8.83. The quantitative estimate of drug-likeness (QED) is 0.583. The molecule has 0 aliphatic heterocycles. The summed E-state index contributed by atoms with van der Waals surface area (Å²) in [6.07, 6.45) is 1.31. The summed E-state index contributed by atoms with van der Waals surface area (Å²) in [6.45, 7) is 0. The third-order valence-electron chi connectivity index (χ3n) is 0.252. The van der Waals surface area contributed by atoms with Crippen LogP contribution in [0.1, 0.15) is 0 Å². The molecule has 56 valence electrons. The number of alkyl halides is 3. The van der Waals surface area contributed by atoms with Crippen LogP contribution in [0.15, 0.2) is 10.6 Å². The Hall–Kier alpha value is 0.830. The molecule has 0 aliphatic carbocycles. The molecule has 0 amide bonds. The highest BCUT2D eigenvalue weighted by Gasteiger charge is 1.91. The van der Waals surface area contributed by atoms with E-state index in [1.54, 1.807) is 0 Å². The van der Waals surface area contributed by atoms with Crippen LogP contribution in [0.2, 0.25) is 0 Å². The first-order valence-electron chi connectivity index (χ1n) is 1.81. The minimum absolute atomic E-state index is 0.0926. The molecule has 0 N–H and O–H groups in total. The van der Waals surface area contributed by atoms with Crippen LogP contribution >= 0.6 is 46.4 Å². The first-order chi connectivity index (χ1) is 4.13. The molecule has 5 heteroatoms. The first-order valence-corrected chi connectivity index (χ1v) is 3.44. The Morgan fingerprint density at radius 2 is 1.67 bits per heavy atom. The first kappa shape index (κ1) is 12.5. The molecule has 0 aromatic rings. The van der Waals surface area contributed by atoms with Crippen LogP contribution < -0.4 is 0 Å². The average Bonchev–Trinajstić information content (AvgIpc) is 1.68. The van der Waals surface area contributed by atoms with Crippen molar-refractivity contribution in [1.29, 1.82) is 0 Å². The number of hydrogen-bond donors (Lipinski definition) is 0. The molecular formula is C4H5Cl4F. The third-order valence-corrected chi connectivity index (χ3v) is 0.756. The van der Waals surface area contributed by atoms with Gasteiger partial charge in [0.25, 0.3) is 0 Å². The number of halogens is 5. The molecule has 0 rings (SSSR count). The van der Waals surface area contributed by atoms with Crippen LogP contribution in [0.3, 0.4) is 0 Å². The maximum atomic E-state index is 9.50. The van der Waals surface area contributed by atoms with E-state index in [1.807, 2.05) is 0 Å². The van der Waals surface area contributed by atoms with Gasteiger partial charge < -0.3 is 0 Å². The molecule has 0 saturated carbocycles. The maximum Gasteiger partial charge on any atom is 0.128 e. The van der Waals surface area contributed by atoms with Crippen molar-refractivity contribution in [1.82, 2.24) is 0 Å². The molecule has 0 aromatic carbocycles. The highest BCUT2D eigenvalue weighted by molar-refractivity contribution is 6.57. The molecule has 0 atom stereocenters. The largest absolute Gasteiger partial charge is 0.255 e. The highest BCUT2D eigenvalue weighted by Crippen LogP contribution is 2.12. The van der Waals surface area contributed by atoms with E-state index in [-0.39, 0.29) is 4.49 Å². The van der Waals surface area contributed by atoms with Crippen molar-refractivity contribution in [3.8, 4) is 0 Å². The fraction of sp³-hybridized carbons (Fsp3) is 0.500. The molecule has 9 heavy (non-hydrogen) atoms. The molecular weight excluding hydrogens is 209 g/mol. The number of rotatable bonds is 1. The van der Waals surface area contributed by atoms with E-state index in [0.717, 1.165) is 0 Å². The van der Waals surface area contributed by atoms with Gasteiger partial charge in [-0.05, 0) is 6.08 Å². The Morgan fingerprint density at radius 1 is 1.33 bits per heavy atom. The normalized spacial score (nSPS) is 7.89. The van der Waals surface area contributed by atoms with E-state index in [4.69, 9.17) is 46.4 Å². The van der Waals surface area contributed by atoms with Crippen molar-refractivity contribution in [3.05, 3.63) is 10.6 Å². The summed E-state index contributed by atoms with van der Waals surface area (Å²) in [5, 5.41) is 0. The zero-order valence-electron chi connectivity index (χ0n) is 4.54. The molecule has 0 aromatic heterocycles. The lowest BCUT2D eigenvalue weighted by Gasteiger charge is -1.84. The summed E-state index contributed by atoms with van der Waals surface area (Å²) in [5.41, 5.74) is 0. The summed E-state index contributed by atoms with van der Waals surface area (Å²) in [5.74, 6) is 0. The molecule has 0 saturated heterocycles. The molecule has 0 heterocycles. The van der Waals surface area contributed by atoms with Gasteiger partial charge in [0, 0.05) is 0 Å². The molecule has 0 spiro atoms. The van der Waals surface area contributed by atoms with Crippen molar-refractivity contribution in [2.45, 2.75) is 4.84 Å². The van der Waals surface area contributed by atoms with Crippen LogP contribution in [0, 0.1) is 0 Å². The van der Waals surface area contributed by atoms with E-state index in [0.29, 0.717) is 7.18 Å². The van der Waals surface area contributed by atoms with Gasteiger partial charge >= 0.3 is 0 Å². The minimum atomic E-state index is -0.606. The second-order valence-corrected chi connectivity index (χ2v) is 2.96. The molecule has 0 nitrogen and oxygen atoms in total.